The maximum absolute atomic E-state index is 5.41. The summed E-state index contributed by atoms with van der Waals surface area (Å²) in [5.74, 6) is 0.940. The van der Waals surface area contributed by atoms with Crippen LogP contribution in [0.5, 0.6) is 5.75 Å². The summed E-state index contributed by atoms with van der Waals surface area (Å²) in [5.41, 5.74) is 1.63. The Morgan fingerprint density at radius 2 is 2.00 bits per heavy atom. The number of hydrogen-bond acceptors (Lipinski definition) is 3. The van der Waals surface area contributed by atoms with Gasteiger partial charge in [-0.1, -0.05) is 19.1 Å². The maximum atomic E-state index is 5.41. The number of benzene rings is 1. The lowest BCUT2D eigenvalue weighted by Gasteiger charge is -2.38. The molecular formula is C14H21NO2. The van der Waals surface area contributed by atoms with Gasteiger partial charge in [-0.05, 0) is 24.6 Å². The highest BCUT2D eigenvalue weighted by atomic mass is 16.5. The van der Waals surface area contributed by atoms with E-state index in [9.17, 15) is 0 Å². The van der Waals surface area contributed by atoms with Gasteiger partial charge in [-0.25, -0.2) is 0 Å². The third-order valence-corrected chi connectivity index (χ3v) is 3.02. The van der Waals surface area contributed by atoms with Gasteiger partial charge in [0.1, 0.15) is 5.75 Å². The third kappa shape index (κ3) is 3.45. The minimum atomic E-state index is 0.339. The summed E-state index contributed by atoms with van der Waals surface area (Å²) >= 11 is 0. The standard InChI is InChI=1S/C14H21NO2/c1-3-17-13-6-4-12(5-7-13)8-15-9-14(2)10-16-11-14/h4-7,15H,3,8-11H2,1-2H3. The van der Waals surface area contributed by atoms with E-state index in [1.807, 2.05) is 19.1 Å². The fraction of sp³-hybridized carbons (Fsp3) is 0.571. The van der Waals surface area contributed by atoms with E-state index < -0.39 is 0 Å². The molecule has 1 aromatic carbocycles. The van der Waals surface area contributed by atoms with Crippen molar-refractivity contribution in [2.24, 2.45) is 5.41 Å². The van der Waals surface area contributed by atoms with E-state index in [2.05, 4.69) is 24.4 Å². The van der Waals surface area contributed by atoms with Gasteiger partial charge in [-0.3, -0.25) is 0 Å². The van der Waals surface area contributed by atoms with E-state index >= 15 is 0 Å². The van der Waals surface area contributed by atoms with Crippen LogP contribution in [-0.2, 0) is 11.3 Å². The molecule has 1 heterocycles. The molecule has 0 aliphatic carbocycles. The molecule has 0 spiro atoms. The van der Waals surface area contributed by atoms with E-state index in [4.69, 9.17) is 9.47 Å². The van der Waals surface area contributed by atoms with Crippen molar-refractivity contribution in [2.75, 3.05) is 26.4 Å². The van der Waals surface area contributed by atoms with Crippen LogP contribution in [0.1, 0.15) is 19.4 Å². The first kappa shape index (κ1) is 12.4. The molecule has 0 radical (unpaired) electrons. The second kappa shape index (κ2) is 5.52. The van der Waals surface area contributed by atoms with Gasteiger partial charge >= 0.3 is 0 Å². The highest BCUT2D eigenvalue weighted by molar-refractivity contribution is 5.27. The Bertz CT molecular complexity index is 344. The smallest absolute Gasteiger partial charge is 0.119 e. The molecule has 17 heavy (non-hydrogen) atoms. The van der Waals surface area contributed by atoms with Gasteiger partial charge in [0.2, 0.25) is 0 Å². The number of hydrogen-bond donors (Lipinski definition) is 1. The summed E-state index contributed by atoms with van der Waals surface area (Å²) in [4.78, 5) is 0. The molecule has 0 atom stereocenters. The van der Waals surface area contributed by atoms with E-state index in [0.717, 1.165) is 38.7 Å². The van der Waals surface area contributed by atoms with Crippen LogP contribution in [-0.4, -0.2) is 26.4 Å². The molecule has 1 fully saturated rings. The van der Waals surface area contributed by atoms with Crippen molar-refractivity contribution in [3.8, 4) is 5.75 Å². The van der Waals surface area contributed by atoms with Gasteiger partial charge in [0.25, 0.3) is 0 Å². The van der Waals surface area contributed by atoms with Crippen molar-refractivity contribution >= 4 is 0 Å². The molecule has 2 rings (SSSR count). The quantitative estimate of drug-likeness (QED) is 0.820. The number of ether oxygens (including phenoxy) is 2. The fourth-order valence-electron chi connectivity index (χ4n) is 1.93. The first-order valence-electron chi connectivity index (χ1n) is 6.22. The minimum Gasteiger partial charge on any atom is -0.494 e. The molecule has 1 aliphatic heterocycles. The monoisotopic (exact) mass is 235 g/mol. The predicted molar refractivity (Wildman–Crippen MR) is 68.2 cm³/mol. The highest BCUT2D eigenvalue weighted by Gasteiger charge is 2.32. The summed E-state index contributed by atoms with van der Waals surface area (Å²) in [7, 11) is 0. The topological polar surface area (TPSA) is 30.5 Å². The lowest BCUT2D eigenvalue weighted by atomic mass is 9.89. The predicted octanol–water partition coefficient (Wildman–Crippen LogP) is 2.21. The van der Waals surface area contributed by atoms with Crippen LogP contribution in [0.25, 0.3) is 0 Å². The Morgan fingerprint density at radius 3 is 2.53 bits per heavy atom. The van der Waals surface area contributed by atoms with Gasteiger partial charge in [0.15, 0.2) is 0 Å². The van der Waals surface area contributed by atoms with Gasteiger partial charge in [-0.15, -0.1) is 0 Å². The maximum Gasteiger partial charge on any atom is 0.119 e. The van der Waals surface area contributed by atoms with E-state index in [0.29, 0.717) is 5.41 Å². The van der Waals surface area contributed by atoms with Crippen LogP contribution >= 0.6 is 0 Å². The van der Waals surface area contributed by atoms with Gasteiger partial charge in [-0.2, -0.15) is 0 Å². The highest BCUT2D eigenvalue weighted by Crippen LogP contribution is 2.25. The molecular weight excluding hydrogens is 214 g/mol. The summed E-state index contributed by atoms with van der Waals surface area (Å²) in [6.45, 7) is 8.64. The second-order valence-corrected chi connectivity index (χ2v) is 4.98. The molecule has 0 bridgehead atoms. The number of rotatable bonds is 6. The van der Waals surface area contributed by atoms with Crippen LogP contribution in [0.2, 0.25) is 0 Å². The Labute approximate surface area is 103 Å². The van der Waals surface area contributed by atoms with Crippen molar-refractivity contribution in [1.29, 1.82) is 0 Å². The Morgan fingerprint density at radius 1 is 1.29 bits per heavy atom. The van der Waals surface area contributed by atoms with Gasteiger partial charge in [0, 0.05) is 18.5 Å². The van der Waals surface area contributed by atoms with Crippen molar-refractivity contribution in [3.63, 3.8) is 0 Å². The van der Waals surface area contributed by atoms with Crippen molar-refractivity contribution in [3.05, 3.63) is 29.8 Å². The second-order valence-electron chi connectivity index (χ2n) is 4.98. The van der Waals surface area contributed by atoms with E-state index in [-0.39, 0.29) is 0 Å². The zero-order valence-electron chi connectivity index (χ0n) is 10.7. The summed E-state index contributed by atoms with van der Waals surface area (Å²) in [5, 5.41) is 3.47. The van der Waals surface area contributed by atoms with Crippen LogP contribution in [0.4, 0.5) is 0 Å². The fourth-order valence-corrected chi connectivity index (χ4v) is 1.93. The first-order valence-corrected chi connectivity index (χ1v) is 6.22. The third-order valence-electron chi connectivity index (χ3n) is 3.02. The molecule has 0 aromatic heterocycles. The van der Waals surface area contributed by atoms with Crippen molar-refractivity contribution < 1.29 is 9.47 Å². The molecule has 1 N–H and O–H groups in total. The molecule has 1 saturated heterocycles. The normalized spacial score (nSPS) is 17.5. The van der Waals surface area contributed by atoms with E-state index in [1.54, 1.807) is 0 Å². The molecule has 1 aliphatic rings. The summed E-state index contributed by atoms with van der Waals surface area (Å²) in [6.07, 6.45) is 0. The average Bonchev–Trinajstić information content (AvgIpc) is 2.30. The van der Waals surface area contributed by atoms with Gasteiger partial charge < -0.3 is 14.8 Å². The Balaban J connectivity index is 1.75. The first-order chi connectivity index (χ1) is 8.22. The summed E-state index contributed by atoms with van der Waals surface area (Å²) in [6, 6.07) is 8.26. The van der Waals surface area contributed by atoms with E-state index in [1.165, 1.54) is 5.56 Å². The largest absolute Gasteiger partial charge is 0.494 e. The van der Waals surface area contributed by atoms with Crippen LogP contribution in [0.3, 0.4) is 0 Å². The van der Waals surface area contributed by atoms with Crippen LogP contribution in [0, 0.1) is 5.41 Å². The Hall–Kier alpha value is -1.06. The molecule has 1 aromatic rings. The molecule has 0 saturated carbocycles. The molecule has 0 unspecified atom stereocenters. The molecule has 3 nitrogen and oxygen atoms in total. The minimum absolute atomic E-state index is 0.339. The molecule has 3 heteroatoms. The van der Waals surface area contributed by atoms with Gasteiger partial charge in [0.05, 0.1) is 19.8 Å². The zero-order valence-corrected chi connectivity index (χ0v) is 10.7. The molecule has 0 amide bonds. The summed E-state index contributed by atoms with van der Waals surface area (Å²) < 4.78 is 10.6. The number of nitrogens with one attached hydrogen (secondary N) is 1. The lowest BCUT2D eigenvalue weighted by Crippen LogP contribution is -2.47. The van der Waals surface area contributed by atoms with Crippen molar-refractivity contribution in [1.82, 2.24) is 5.32 Å². The van der Waals surface area contributed by atoms with Crippen LogP contribution in [0.15, 0.2) is 24.3 Å². The van der Waals surface area contributed by atoms with Crippen LogP contribution < -0.4 is 10.1 Å². The SMILES string of the molecule is CCOc1ccc(CNCC2(C)COC2)cc1. The zero-order chi connectivity index (χ0) is 12.1. The average molecular weight is 235 g/mol. The Kier molecular flexibility index (Phi) is 4.02. The lowest BCUT2D eigenvalue weighted by molar-refractivity contribution is -0.0991. The van der Waals surface area contributed by atoms with Crippen molar-refractivity contribution in [2.45, 2.75) is 20.4 Å². The molecule has 94 valence electrons.